The largest absolute Gasteiger partial charge is 0.497 e. The summed E-state index contributed by atoms with van der Waals surface area (Å²) in [5.41, 5.74) is -0.600. The first-order valence-electron chi connectivity index (χ1n) is 16.2. The van der Waals surface area contributed by atoms with Gasteiger partial charge in [0, 0.05) is 18.9 Å². The van der Waals surface area contributed by atoms with Crippen molar-refractivity contribution in [3.63, 3.8) is 0 Å². The summed E-state index contributed by atoms with van der Waals surface area (Å²) in [7, 11) is 1.53. The van der Waals surface area contributed by atoms with Crippen molar-refractivity contribution in [2.24, 2.45) is 11.8 Å². The zero-order chi connectivity index (χ0) is 35.9. The molecule has 0 amide bonds. The number of rotatable bonds is 11. The number of carbonyl (C=O) groups is 2. The molecular formula is C33H42O17. The van der Waals surface area contributed by atoms with Gasteiger partial charge in [-0.2, -0.15) is 0 Å². The van der Waals surface area contributed by atoms with Crippen molar-refractivity contribution in [1.29, 1.82) is 0 Å². The summed E-state index contributed by atoms with van der Waals surface area (Å²) in [5.74, 6) is -2.36. The number of hydrogen-bond donors (Lipinski definition) is 6. The molecule has 6 N–H and O–H groups in total. The maximum Gasteiger partial charge on any atom is 0.331 e. The molecule has 1 aromatic carbocycles. The molecule has 4 aliphatic heterocycles. The van der Waals surface area contributed by atoms with Crippen molar-refractivity contribution in [1.82, 2.24) is 0 Å². The second-order valence-corrected chi connectivity index (χ2v) is 12.8. The number of benzene rings is 1. The molecule has 0 bridgehead atoms. The van der Waals surface area contributed by atoms with Gasteiger partial charge in [0.05, 0.1) is 44.7 Å². The lowest BCUT2D eigenvalue weighted by atomic mass is 9.85. The van der Waals surface area contributed by atoms with Crippen LogP contribution in [-0.2, 0) is 47.5 Å². The van der Waals surface area contributed by atoms with Crippen LogP contribution in [0, 0.1) is 11.8 Å². The van der Waals surface area contributed by atoms with E-state index >= 15 is 0 Å². The first kappa shape index (κ1) is 36.6. The van der Waals surface area contributed by atoms with E-state index in [0.717, 1.165) is 13.0 Å². The number of hydrogen-bond acceptors (Lipinski definition) is 17. The van der Waals surface area contributed by atoms with Crippen LogP contribution >= 0.6 is 0 Å². The highest BCUT2D eigenvalue weighted by Gasteiger charge is 2.77. The van der Waals surface area contributed by atoms with Crippen LogP contribution in [0.2, 0.25) is 0 Å². The van der Waals surface area contributed by atoms with E-state index in [-0.39, 0.29) is 0 Å². The summed E-state index contributed by atoms with van der Waals surface area (Å²) in [4.78, 5) is 25.2. The van der Waals surface area contributed by atoms with E-state index in [1.54, 1.807) is 30.3 Å². The predicted octanol–water partition coefficient (Wildman–Crippen LogP) is -1.89. The summed E-state index contributed by atoms with van der Waals surface area (Å²) < 4.78 is 51.8. The SMILES string of the molecule is COc1ccc(/C=C/C(=O)O[C@@H]2[C@@H](O[C@@H]3[C@H]4C=CO[C@H](O[C@H]5O[C@@H](CO)[C@H](O)[C@@H](O)[C@@H]5O)[C@H]4[C@]4(CO)O[C@H]34)O[C@H](C)[C@@H](O)[C@@H]2OC(C)=O)cc1. The third-order valence-electron chi connectivity index (χ3n) is 9.73. The van der Waals surface area contributed by atoms with Crippen LogP contribution in [0.15, 0.2) is 42.7 Å². The quantitative estimate of drug-likeness (QED) is 0.0835. The third kappa shape index (κ3) is 6.88. The van der Waals surface area contributed by atoms with E-state index in [1.807, 2.05) is 0 Å². The van der Waals surface area contributed by atoms with Gasteiger partial charge in [-0.25, -0.2) is 4.79 Å². The Bertz CT molecular complexity index is 1420. The average molecular weight is 711 g/mol. The highest BCUT2D eigenvalue weighted by atomic mass is 16.8. The Hall–Kier alpha value is -3.20. The third-order valence-corrected chi connectivity index (χ3v) is 9.73. The lowest BCUT2D eigenvalue weighted by Crippen LogP contribution is -2.61. The maximum absolute atomic E-state index is 13.1. The Morgan fingerprint density at radius 3 is 2.28 bits per heavy atom. The Morgan fingerprint density at radius 2 is 1.62 bits per heavy atom. The van der Waals surface area contributed by atoms with Crippen molar-refractivity contribution in [2.45, 2.75) is 99.4 Å². The van der Waals surface area contributed by atoms with Gasteiger partial charge >= 0.3 is 11.9 Å². The van der Waals surface area contributed by atoms with Gasteiger partial charge < -0.3 is 73.3 Å². The molecule has 4 heterocycles. The molecule has 1 aromatic rings. The topological polar surface area (TPSA) is 242 Å². The minimum atomic E-state index is -1.72. The van der Waals surface area contributed by atoms with Crippen molar-refractivity contribution in [3.8, 4) is 5.75 Å². The predicted molar refractivity (Wildman–Crippen MR) is 163 cm³/mol. The van der Waals surface area contributed by atoms with Crippen molar-refractivity contribution in [2.75, 3.05) is 20.3 Å². The Labute approximate surface area is 286 Å². The van der Waals surface area contributed by atoms with Crippen LogP contribution < -0.4 is 4.74 Å². The molecule has 1 aliphatic carbocycles. The number of fused-ring (bicyclic) bond motifs is 3. The van der Waals surface area contributed by atoms with Gasteiger partial charge in [-0.3, -0.25) is 4.79 Å². The van der Waals surface area contributed by atoms with E-state index in [1.165, 1.54) is 26.4 Å². The van der Waals surface area contributed by atoms with Crippen LogP contribution in [0.3, 0.4) is 0 Å². The lowest BCUT2D eigenvalue weighted by Gasteiger charge is -2.44. The number of aliphatic hydroxyl groups is 6. The van der Waals surface area contributed by atoms with E-state index in [4.69, 9.17) is 42.6 Å². The Kier molecular flexibility index (Phi) is 10.8. The molecule has 5 aliphatic rings. The van der Waals surface area contributed by atoms with Gasteiger partial charge in [0.2, 0.25) is 6.29 Å². The molecule has 17 nitrogen and oxygen atoms in total. The molecule has 0 aromatic heterocycles. The van der Waals surface area contributed by atoms with Crippen LogP contribution in [0.25, 0.3) is 6.08 Å². The van der Waals surface area contributed by atoms with E-state index < -0.39 is 122 Å². The zero-order valence-corrected chi connectivity index (χ0v) is 27.4. The van der Waals surface area contributed by atoms with Gasteiger partial charge in [-0.1, -0.05) is 12.1 Å². The molecule has 1 saturated carbocycles. The van der Waals surface area contributed by atoms with Crippen LogP contribution in [-0.4, -0.2) is 148 Å². The van der Waals surface area contributed by atoms with Gasteiger partial charge in [0.1, 0.15) is 48.0 Å². The molecule has 17 heteroatoms. The molecular weight excluding hydrogens is 668 g/mol. The van der Waals surface area contributed by atoms with Crippen LogP contribution in [0.5, 0.6) is 5.75 Å². The summed E-state index contributed by atoms with van der Waals surface area (Å²) >= 11 is 0. The number of aliphatic hydroxyl groups excluding tert-OH is 6. The minimum Gasteiger partial charge on any atom is -0.497 e. The summed E-state index contributed by atoms with van der Waals surface area (Å²) in [6, 6.07) is 6.87. The van der Waals surface area contributed by atoms with E-state index in [0.29, 0.717) is 11.3 Å². The Balaban J connectivity index is 1.22. The number of ether oxygens (including phenoxy) is 9. The van der Waals surface area contributed by atoms with Gasteiger partial charge in [-0.05, 0) is 36.8 Å². The fourth-order valence-electron chi connectivity index (χ4n) is 7.06. The normalized spacial score (nSPS) is 43.4. The number of esters is 2. The Morgan fingerprint density at radius 1 is 0.880 bits per heavy atom. The van der Waals surface area contributed by atoms with Crippen LogP contribution in [0.4, 0.5) is 0 Å². The molecule has 3 saturated heterocycles. The van der Waals surface area contributed by atoms with Crippen molar-refractivity contribution < 1.29 is 82.9 Å². The summed E-state index contributed by atoms with van der Waals surface area (Å²) in [6.45, 7) is 1.50. The van der Waals surface area contributed by atoms with E-state index in [9.17, 15) is 40.2 Å². The molecule has 0 unspecified atom stereocenters. The van der Waals surface area contributed by atoms with Crippen LogP contribution in [0.1, 0.15) is 19.4 Å². The molecule has 276 valence electrons. The highest BCUT2D eigenvalue weighted by molar-refractivity contribution is 5.87. The highest BCUT2D eigenvalue weighted by Crippen LogP contribution is 2.61. The first-order chi connectivity index (χ1) is 23.9. The lowest BCUT2D eigenvalue weighted by molar-refractivity contribution is -0.347. The number of methoxy groups -OCH3 is 1. The van der Waals surface area contributed by atoms with Crippen molar-refractivity contribution >= 4 is 18.0 Å². The molecule has 4 fully saturated rings. The number of epoxide rings is 1. The smallest absolute Gasteiger partial charge is 0.331 e. The molecule has 16 atom stereocenters. The standard InChI is InChI=1S/C33H42O17/c1-14-22(38)27(45-15(2)36)28(47-20(37)9-6-16-4-7-17(42-3)8-5-16)32(44-14)48-26-18-10-11-43-30(21(18)33(13-35)29(26)50-33)49-31-25(41)24(40)23(39)19(12-34)46-31/h4-11,14,18-19,21-32,34-35,38-41H,12-13H2,1-3H3/b9-6+/t14-,18+,19+,21+,22-,23+,24-,25+,26-,27+,28+,29-,30-,31-,32-,33+/m1/s1. The van der Waals surface area contributed by atoms with Gasteiger partial charge in [0.15, 0.2) is 24.8 Å². The number of carbonyl (C=O) groups excluding carboxylic acids is 2. The monoisotopic (exact) mass is 710 g/mol. The van der Waals surface area contributed by atoms with Crippen molar-refractivity contribution in [3.05, 3.63) is 48.2 Å². The second-order valence-electron chi connectivity index (χ2n) is 12.8. The fourth-order valence-corrected chi connectivity index (χ4v) is 7.06. The fraction of sp³-hybridized carbons (Fsp3) is 0.636. The zero-order valence-electron chi connectivity index (χ0n) is 27.4. The summed E-state index contributed by atoms with van der Waals surface area (Å²) in [5, 5.41) is 62.1. The van der Waals surface area contributed by atoms with E-state index in [2.05, 4.69) is 0 Å². The molecule has 6 rings (SSSR count). The minimum absolute atomic E-state index is 0.504. The molecule has 0 radical (unpaired) electrons. The molecule has 0 spiro atoms. The van der Waals surface area contributed by atoms with Gasteiger partial charge in [0.25, 0.3) is 0 Å². The summed E-state index contributed by atoms with van der Waals surface area (Å²) in [6.07, 6.45) is -11.7. The second kappa shape index (κ2) is 14.8. The average Bonchev–Trinajstić information content (AvgIpc) is 3.78. The van der Waals surface area contributed by atoms with Gasteiger partial charge in [-0.15, -0.1) is 0 Å². The first-order valence-corrected chi connectivity index (χ1v) is 16.2. The maximum atomic E-state index is 13.1. The molecule has 50 heavy (non-hydrogen) atoms.